The van der Waals surface area contributed by atoms with Gasteiger partial charge in [0.2, 0.25) is 11.7 Å². The molecule has 10 atom stereocenters. The quantitative estimate of drug-likeness (QED) is 0.214. The molecule has 13 nitrogen and oxygen atoms in total. The number of Topliss-reactive ketones (excluding diaryl/α,β-unsaturated/α-hetero) is 1. The first kappa shape index (κ1) is 33.1. The van der Waals surface area contributed by atoms with Gasteiger partial charge >= 0.3 is 17.9 Å². The number of hydrogen-bond acceptors (Lipinski definition) is 12. The normalized spacial score (nSPS) is 40.0. The fourth-order valence-corrected chi connectivity index (χ4v) is 9.03. The van der Waals surface area contributed by atoms with Gasteiger partial charge in [-0.15, -0.1) is 0 Å². The van der Waals surface area contributed by atoms with Crippen molar-refractivity contribution < 1.29 is 57.9 Å². The zero-order valence-corrected chi connectivity index (χ0v) is 26.9. The van der Waals surface area contributed by atoms with Crippen LogP contribution in [-0.2, 0) is 47.7 Å². The van der Waals surface area contributed by atoms with Gasteiger partial charge in [-0.3, -0.25) is 9.59 Å². The Morgan fingerprint density at radius 1 is 1.13 bits per heavy atom. The maximum atomic E-state index is 13.7. The number of esters is 3. The molecule has 0 aromatic rings. The lowest BCUT2D eigenvalue weighted by Crippen LogP contribution is -2.79. The fraction of sp³-hybridized carbons (Fsp3) is 0.719. The lowest BCUT2D eigenvalue weighted by Gasteiger charge is -2.67. The van der Waals surface area contributed by atoms with E-state index in [2.05, 4.69) is 5.32 Å². The van der Waals surface area contributed by atoms with Crippen LogP contribution in [0.4, 0.5) is 0 Å². The number of allylic oxidation sites excluding steroid dienone is 3. The van der Waals surface area contributed by atoms with Crippen LogP contribution in [0.25, 0.3) is 0 Å². The molecule has 0 radical (unpaired) electrons. The van der Waals surface area contributed by atoms with Crippen molar-refractivity contribution in [1.82, 2.24) is 5.32 Å². The largest absolute Gasteiger partial charge is 0.480 e. The first-order valence-corrected chi connectivity index (χ1v) is 15.2. The van der Waals surface area contributed by atoms with Gasteiger partial charge in [0.25, 0.3) is 5.91 Å². The average molecular weight is 634 g/mol. The molecular formula is C32H43NO12. The van der Waals surface area contributed by atoms with E-state index in [0.29, 0.717) is 11.1 Å². The van der Waals surface area contributed by atoms with Gasteiger partial charge in [0.05, 0.1) is 25.7 Å². The third kappa shape index (κ3) is 4.80. The molecule has 45 heavy (non-hydrogen) atoms. The van der Waals surface area contributed by atoms with E-state index < -0.39 is 93.7 Å². The fourth-order valence-electron chi connectivity index (χ4n) is 9.03. The molecule has 5 aliphatic rings. The second kappa shape index (κ2) is 10.9. The molecule has 248 valence electrons. The van der Waals surface area contributed by atoms with E-state index in [4.69, 9.17) is 23.7 Å². The first-order chi connectivity index (χ1) is 20.8. The van der Waals surface area contributed by atoms with Crippen molar-refractivity contribution in [1.29, 1.82) is 0 Å². The van der Waals surface area contributed by atoms with Gasteiger partial charge in [-0.2, -0.15) is 0 Å². The van der Waals surface area contributed by atoms with Gasteiger partial charge in [-0.1, -0.05) is 12.5 Å². The Morgan fingerprint density at radius 2 is 1.80 bits per heavy atom. The highest BCUT2D eigenvalue weighted by molar-refractivity contribution is 5.96. The number of ether oxygens (including phenoxy) is 5. The van der Waals surface area contributed by atoms with Crippen LogP contribution in [0.15, 0.2) is 23.0 Å². The summed E-state index contributed by atoms with van der Waals surface area (Å²) in [6.07, 6.45) is -4.95. The van der Waals surface area contributed by atoms with Gasteiger partial charge in [0.1, 0.15) is 12.2 Å². The molecule has 3 N–H and O–H groups in total. The number of carbonyl (C=O) groups is 5. The van der Waals surface area contributed by atoms with E-state index in [1.807, 2.05) is 27.7 Å². The van der Waals surface area contributed by atoms with Gasteiger partial charge < -0.3 is 39.2 Å². The smallest absolute Gasteiger partial charge is 0.348 e. The Hall–Kier alpha value is -3.29. The van der Waals surface area contributed by atoms with Crippen LogP contribution in [-0.4, -0.2) is 95.7 Å². The Balaban J connectivity index is 1.61. The van der Waals surface area contributed by atoms with E-state index in [9.17, 15) is 34.2 Å². The third-order valence-electron chi connectivity index (χ3n) is 10.3. The molecule has 3 aliphatic carbocycles. The molecule has 0 aromatic carbocycles. The molecule has 2 bridgehead atoms. The van der Waals surface area contributed by atoms with Crippen LogP contribution in [0, 0.1) is 28.6 Å². The van der Waals surface area contributed by atoms with Gasteiger partial charge in [-0.05, 0) is 64.9 Å². The van der Waals surface area contributed by atoms with Crippen molar-refractivity contribution in [3.63, 3.8) is 0 Å². The summed E-state index contributed by atoms with van der Waals surface area (Å²) in [6.45, 7) is 11.7. The standard InChI is InChI=1S/C32H43NO12/c1-14(2)9-20(36)45-23-25-31-13-43-32(25,28(40)41-8)26(38)21(37)24(31)30(7)11-17(34)22(42-12-19(35)33-29(4,5)6)15(3)16(30)10-18(31)44-27(23)39/h9,16,18,21,23-26,37-38H,10-13H2,1-8H3,(H,33,35)/t16-,18+,21+,23+,24?,25+,26-,30-,31+,32-/m0/s1. The van der Waals surface area contributed by atoms with Crippen LogP contribution in [0.5, 0.6) is 0 Å². The second-order valence-electron chi connectivity index (χ2n) is 14.6. The number of fused-ring (bicyclic) bond motifs is 2. The predicted octanol–water partition coefficient (Wildman–Crippen LogP) is 0.890. The topological polar surface area (TPSA) is 184 Å². The van der Waals surface area contributed by atoms with Crippen LogP contribution in [0.1, 0.15) is 61.3 Å². The maximum Gasteiger partial charge on any atom is 0.348 e. The van der Waals surface area contributed by atoms with Crippen LogP contribution >= 0.6 is 0 Å². The predicted molar refractivity (Wildman–Crippen MR) is 154 cm³/mol. The minimum Gasteiger partial charge on any atom is -0.480 e. The molecule has 0 aromatic heterocycles. The summed E-state index contributed by atoms with van der Waals surface area (Å²) < 4.78 is 28.6. The first-order valence-electron chi connectivity index (χ1n) is 15.2. The zero-order valence-electron chi connectivity index (χ0n) is 26.9. The maximum absolute atomic E-state index is 13.7. The van der Waals surface area contributed by atoms with E-state index in [-0.39, 0.29) is 31.8 Å². The Labute approximate surface area is 261 Å². The number of ketones is 1. The molecule has 2 saturated carbocycles. The number of hydrogen-bond donors (Lipinski definition) is 3. The molecule has 2 heterocycles. The van der Waals surface area contributed by atoms with Crippen molar-refractivity contribution in [2.24, 2.45) is 28.6 Å². The van der Waals surface area contributed by atoms with E-state index in [1.54, 1.807) is 20.8 Å². The van der Waals surface area contributed by atoms with E-state index in [0.717, 1.165) is 7.11 Å². The monoisotopic (exact) mass is 633 g/mol. The third-order valence-corrected chi connectivity index (χ3v) is 10.3. The Morgan fingerprint density at radius 3 is 2.40 bits per heavy atom. The lowest BCUT2D eigenvalue weighted by atomic mass is 9.38. The van der Waals surface area contributed by atoms with Crippen molar-refractivity contribution >= 4 is 29.6 Å². The molecule has 13 heteroatoms. The van der Waals surface area contributed by atoms with Crippen molar-refractivity contribution in [3.05, 3.63) is 23.0 Å². The van der Waals surface area contributed by atoms with E-state index in [1.165, 1.54) is 6.08 Å². The lowest BCUT2D eigenvalue weighted by molar-refractivity contribution is -0.290. The highest BCUT2D eigenvalue weighted by atomic mass is 16.6. The molecule has 2 aliphatic heterocycles. The number of rotatable bonds is 6. The highest BCUT2D eigenvalue weighted by Crippen LogP contribution is 2.72. The summed E-state index contributed by atoms with van der Waals surface area (Å²) in [6, 6.07) is 0. The minimum absolute atomic E-state index is 0.0297. The summed E-state index contributed by atoms with van der Waals surface area (Å²) in [5.74, 6) is -6.34. The Kier molecular flexibility index (Phi) is 8.02. The number of amides is 1. The average Bonchev–Trinajstić information content (AvgIpc) is 3.22. The molecule has 4 fully saturated rings. The summed E-state index contributed by atoms with van der Waals surface area (Å²) in [5, 5.41) is 26.4. The summed E-state index contributed by atoms with van der Waals surface area (Å²) >= 11 is 0. The number of aliphatic hydroxyl groups excluding tert-OH is 2. The highest BCUT2D eigenvalue weighted by Gasteiger charge is 2.85. The molecule has 2 saturated heterocycles. The molecule has 1 amide bonds. The number of aliphatic hydroxyl groups is 2. The molecular weight excluding hydrogens is 590 g/mol. The minimum atomic E-state index is -2.25. The summed E-state index contributed by atoms with van der Waals surface area (Å²) in [5.41, 5.74) is -4.03. The summed E-state index contributed by atoms with van der Waals surface area (Å²) in [4.78, 5) is 66.2. The van der Waals surface area contributed by atoms with Crippen LogP contribution < -0.4 is 5.32 Å². The van der Waals surface area contributed by atoms with Crippen molar-refractivity contribution in [2.75, 3.05) is 20.3 Å². The van der Waals surface area contributed by atoms with Crippen molar-refractivity contribution in [3.8, 4) is 0 Å². The van der Waals surface area contributed by atoms with Crippen LogP contribution in [0.3, 0.4) is 0 Å². The molecule has 1 unspecified atom stereocenters. The summed E-state index contributed by atoms with van der Waals surface area (Å²) in [7, 11) is 1.09. The zero-order chi connectivity index (χ0) is 33.4. The van der Waals surface area contributed by atoms with Gasteiger partial charge in [-0.25, -0.2) is 14.4 Å². The van der Waals surface area contributed by atoms with Gasteiger partial charge in [0, 0.05) is 29.4 Å². The van der Waals surface area contributed by atoms with Gasteiger partial charge in [0.15, 0.2) is 18.1 Å². The number of carbonyl (C=O) groups excluding carboxylic acids is 5. The van der Waals surface area contributed by atoms with Crippen molar-refractivity contribution in [2.45, 2.75) is 96.9 Å². The van der Waals surface area contributed by atoms with Crippen LogP contribution in [0.2, 0.25) is 0 Å². The molecule has 5 rings (SSSR count). The Bertz CT molecular complexity index is 1390. The number of methoxy groups -OCH3 is 1. The SMILES string of the molecule is COC(=O)[C@@]12OC[C@]34C([C@@H](O)[C@@H]1O)[C@@]1(C)CC(=O)C(OCC(=O)NC(C)(C)C)=C(C)[C@@H]1C[C@H]3OC(=O)[C@H](OC(=O)C=C(C)C)[C@@H]24. The second-order valence-corrected chi connectivity index (χ2v) is 14.6. The van der Waals surface area contributed by atoms with E-state index >= 15 is 0 Å². The number of nitrogens with one attached hydrogen (secondary N) is 1. The molecule has 1 spiro atoms.